The number of carbonyl (C=O) groups excluding carboxylic acids is 1. The van der Waals surface area contributed by atoms with E-state index >= 15 is 0 Å². The molecule has 0 aromatic rings. The average Bonchev–Trinajstić information content (AvgIpc) is 3.22. The van der Waals surface area contributed by atoms with Crippen LogP contribution < -0.4 is 5.32 Å². The molecule has 0 aromatic carbocycles. The number of ether oxygens (including phenoxy) is 1. The largest absolute Gasteiger partial charge is 0.480 e. The molecule has 1 saturated carbocycles. The zero-order valence-electron chi connectivity index (χ0n) is 12.0. The SMILES string of the molecule is C#CCC(NC(=O)N(CCOC)C(C)C1CC1)C(=O)O. The van der Waals surface area contributed by atoms with E-state index in [0.29, 0.717) is 19.1 Å². The Morgan fingerprint density at radius 1 is 1.55 bits per heavy atom. The fourth-order valence-corrected chi connectivity index (χ4v) is 2.06. The summed E-state index contributed by atoms with van der Waals surface area (Å²) in [5.74, 6) is 1.63. The number of methoxy groups -OCH3 is 1. The summed E-state index contributed by atoms with van der Waals surface area (Å²) < 4.78 is 5.00. The second kappa shape index (κ2) is 7.75. The molecule has 6 nitrogen and oxygen atoms in total. The molecule has 2 unspecified atom stereocenters. The Balaban J connectivity index is 2.65. The molecule has 0 spiro atoms. The Kier molecular flexibility index (Phi) is 6.32. The van der Waals surface area contributed by atoms with Crippen LogP contribution in [0.1, 0.15) is 26.2 Å². The molecule has 2 atom stereocenters. The molecule has 2 amide bonds. The van der Waals surface area contributed by atoms with Crippen molar-refractivity contribution in [3.8, 4) is 12.3 Å². The number of amides is 2. The zero-order valence-corrected chi connectivity index (χ0v) is 12.0. The standard InChI is InChI=1S/C14H22N2O4/c1-4-5-12(13(17)18)15-14(19)16(8-9-20-3)10(2)11-6-7-11/h1,10-12H,5-9H2,2-3H3,(H,15,19)(H,17,18). The molecule has 0 aromatic heterocycles. The minimum absolute atomic E-state index is 0.0308. The Morgan fingerprint density at radius 3 is 2.65 bits per heavy atom. The summed E-state index contributed by atoms with van der Waals surface area (Å²) in [4.78, 5) is 24.9. The lowest BCUT2D eigenvalue weighted by Gasteiger charge is -2.30. The highest BCUT2D eigenvalue weighted by Crippen LogP contribution is 2.35. The van der Waals surface area contributed by atoms with Crippen molar-refractivity contribution in [2.45, 2.75) is 38.3 Å². The third kappa shape index (κ3) is 4.74. The summed E-state index contributed by atoms with van der Waals surface area (Å²) in [6.45, 7) is 2.82. The van der Waals surface area contributed by atoms with Gasteiger partial charge in [-0.2, -0.15) is 0 Å². The van der Waals surface area contributed by atoms with E-state index in [1.165, 1.54) is 0 Å². The van der Waals surface area contributed by atoms with Crippen molar-refractivity contribution >= 4 is 12.0 Å². The van der Waals surface area contributed by atoms with Gasteiger partial charge in [0.1, 0.15) is 6.04 Å². The molecule has 112 valence electrons. The predicted molar refractivity (Wildman–Crippen MR) is 74.2 cm³/mol. The van der Waals surface area contributed by atoms with Gasteiger partial charge >= 0.3 is 12.0 Å². The van der Waals surface area contributed by atoms with E-state index in [-0.39, 0.29) is 12.5 Å². The highest BCUT2D eigenvalue weighted by atomic mass is 16.5. The number of nitrogens with zero attached hydrogens (tertiary/aromatic N) is 1. The first-order valence-corrected chi connectivity index (χ1v) is 6.73. The molecule has 20 heavy (non-hydrogen) atoms. The molecule has 0 aliphatic heterocycles. The van der Waals surface area contributed by atoms with E-state index in [4.69, 9.17) is 16.3 Å². The van der Waals surface area contributed by atoms with Crippen molar-refractivity contribution in [3.05, 3.63) is 0 Å². The van der Waals surface area contributed by atoms with Gasteiger partial charge in [0, 0.05) is 26.1 Å². The van der Waals surface area contributed by atoms with Crippen molar-refractivity contribution in [3.63, 3.8) is 0 Å². The van der Waals surface area contributed by atoms with E-state index in [1.807, 2.05) is 6.92 Å². The van der Waals surface area contributed by atoms with Crippen LogP contribution in [0.5, 0.6) is 0 Å². The van der Waals surface area contributed by atoms with Gasteiger partial charge in [-0.1, -0.05) is 0 Å². The van der Waals surface area contributed by atoms with Crippen LogP contribution in [0.4, 0.5) is 4.79 Å². The smallest absolute Gasteiger partial charge is 0.327 e. The maximum Gasteiger partial charge on any atom is 0.327 e. The van der Waals surface area contributed by atoms with Crippen LogP contribution in [0.2, 0.25) is 0 Å². The lowest BCUT2D eigenvalue weighted by Crippen LogP contribution is -2.52. The first kappa shape index (κ1) is 16.3. The highest BCUT2D eigenvalue weighted by molar-refractivity contribution is 5.83. The molecule has 1 fully saturated rings. The van der Waals surface area contributed by atoms with Crippen LogP contribution in [0.25, 0.3) is 0 Å². The summed E-state index contributed by atoms with van der Waals surface area (Å²) in [5.41, 5.74) is 0. The highest BCUT2D eigenvalue weighted by Gasteiger charge is 2.35. The van der Waals surface area contributed by atoms with Crippen molar-refractivity contribution < 1.29 is 19.4 Å². The summed E-state index contributed by atoms with van der Waals surface area (Å²) in [6.07, 6.45) is 7.29. The fourth-order valence-electron chi connectivity index (χ4n) is 2.06. The molecule has 6 heteroatoms. The molecule has 1 aliphatic carbocycles. The predicted octanol–water partition coefficient (Wildman–Crippen LogP) is 0.919. The van der Waals surface area contributed by atoms with Crippen molar-refractivity contribution in [2.75, 3.05) is 20.3 Å². The van der Waals surface area contributed by atoms with Gasteiger partial charge in [-0.25, -0.2) is 9.59 Å². The fraction of sp³-hybridized carbons (Fsp3) is 0.714. The number of rotatable bonds is 8. The third-order valence-corrected chi connectivity index (χ3v) is 3.51. The number of carboxylic acid groups (broad SMARTS) is 1. The first-order valence-electron chi connectivity index (χ1n) is 6.73. The lowest BCUT2D eigenvalue weighted by molar-refractivity contribution is -0.139. The van der Waals surface area contributed by atoms with E-state index in [9.17, 15) is 9.59 Å². The molecule has 1 rings (SSSR count). The quantitative estimate of drug-likeness (QED) is 0.649. The first-order chi connectivity index (χ1) is 9.51. The number of nitrogens with one attached hydrogen (secondary N) is 1. The number of hydrogen-bond donors (Lipinski definition) is 2. The number of carboxylic acids is 1. The Labute approximate surface area is 119 Å². The molecule has 0 heterocycles. The van der Waals surface area contributed by atoms with E-state index < -0.39 is 18.0 Å². The van der Waals surface area contributed by atoms with Crippen molar-refractivity contribution in [2.24, 2.45) is 5.92 Å². The molecular formula is C14H22N2O4. The Bertz CT molecular complexity index is 387. The van der Waals surface area contributed by atoms with Gasteiger partial charge in [-0.15, -0.1) is 12.3 Å². The van der Waals surface area contributed by atoms with E-state index in [2.05, 4.69) is 11.2 Å². The van der Waals surface area contributed by atoms with Crippen LogP contribution in [0, 0.1) is 18.3 Å². The van der Waals surface area contributed by atoms with Crippen molar-refractivity contribution in [1.29, 1.82) is 0 Å². The van der Waals surface area contributed by atoms with Crippen LogP contribution in [-0.4, -0.2) is 54.4 Å². The van der Waals surface area contributed by atoms with Crippen LogP contribution in [0.15, 0.2) is 0 Å². The van der Waals surface area contributed by atoms with Gasteiger partial charge in [0.2, 0.25) is 0 Å². The summed E-state index contributed by atoms with van der Waals surface area (Å²) >= 11 is 0. The van der Waals surface area contributed by atoms with Crippen molar-refractivity contribution in [1.82, 2.24) is 10.2 Å². The molecule has 0 bridgehead atoms. The monoisotopic (exact) mass is 282 g/mol. The Morgan fingerprint density at radius 2 is 2.20 bits per heavy atom. The number of urea groups is 1. The van der Waals surface area contributed by atoms with E-state index in [0.717, 1.165) is 12.8 Å². The summed E-state index contributed by atoms with van der Waals surface area (Å²) in [7, 11) is 1.57. The minimum atomic E-state index is -1.12. The molecule has 1 aliphatic rings. The normalized spacial score (nSPS) is 16.9. The van der Waals surface area contributed by atoms with Gasteiger partial charge in [0.25, 0.3) is 0 Å². The van der Waals surface area contributed by atoms with E-state index in [1.54, 1.807) is 12.0 Å². The lowest BCUT2D eigenvalue weighted by atomic mass is 10.2. The number of hydrogen-bond acceptors (Lipinski definition) is 3. The van der Waals surface area contributed by atoms with Crippen LogP contribution >= 0.6 is 0 Å². The number of aliphatic carboxylic acids is 1. The third-order valence-electron chi connectivity index (χ3n) is 3.51. The number of terminal acetylenes is 1. The second-order valence-electron chi connectivity index (χ2n) is 5.01. The van der Waals surface area contributed by atoms with Gasteiger partial charge in [0.15, 0.2) is 0 Å². The molecular weight excluding hydrogens is 260 g/mol. The van der Waals surface area contributed by atoms with Gasteiger partial charge < -0.3 is 20.1 Å². The zero-order chi connectivity index (χ0) is 15.1. The topological polar surface area (TPSA) is 78.9 Å². The maximum atomic E-state index is 12.2. The van der Waals surface area contributed by atoms with Crippen LogP contribution in [-0.2, 0) is 9.53 Å². The van der Waals surface area contributed by atoms with Gasteiger partial charge in [0.05, 0.1) is 6.61 Å². The second-order valence-corrected chi connectivity index (χ2v) is 5.01. The Hall–Kier alpha value is -1.74. The van der Waals surface area contributed by atoms with Gasteiger partial charge in [-0.3, -0.25) is 0 Å². The van der Waals surface area contributed by atoms with Gasteiger partial charge in [-0.05, 0) is 25.7 Å². The summed E-state index contributed by atoms with van der Waals surface area (Å²) in [6, 6.07) is -1.38. The van der Waals surface area contributed by atoms with Crippen LogP contribution in [0.3, 0.4) is 0 Å². The maximum absolute atomic E-state index is 12.2. The number of carbonyl (C=O) groups is 2. The molecule has 0 saturated heterocycles. The average molecular weight is 282 g/mol. The minimum Gasteiger partial charge on any atom is -0.480 e. The summed E-state index contributed by atoms with van der Waals surface area (Å²) in [5, 5.41) is 11.5. The molecule has 2 N–H and O–H groups in total. The molecule has 0 radical (unpaired) electrons.